The maximum atomic E-state index is 13.8. The van der Waals surface area contributed by atoms with E-state index in [4.69, 9.17) is 13.9 Å². The van der Waals surface area contributed by atoms with E-state index in [2.05, 4.69) is 6.92 Å². The standard InChI is InChI=1S/C27H33NO6/c1-4-33-27(31)23-15-24(20-11-9-19(10-12-20)18(3)29)34-26(23)28(22-13-14-32-16-22)25(30)21-7-5-17(2)6-8-21/h9-12,15,17,21-22H,4-8,13-14,16H2,1-3H3/t17-,21-,22?. The molecule has 2 aromatic rings. The zero-order chi connectivity index (χ0) is 24.2. The molecular formula is C27H33NO6. The number of hydrogen-bond donors (Lipinski definition) is 0. The summed E-state index contributed by atoms with van der Waals surface area (Å²) in [7, 11) is 0. The molecule has 1 amide bonds. The van der Waals surface area contributed by atoms with Crippen LogP contribution < -0.4 is 4.90 Å². The molecule has 0 spiro atoms. The van der Waals surface area contributed by atoms with E-state index in [0.29, 0.717) is 42.4 Å². The Labute approximate surface area is 200 Å². The van der Waals surface area contributed by atoms with E-state index in [1.54, 1.807) is 42.2 Å². The van der Waals surface area contributed by atoms with Crippen LogP contribution in [0.1, 0.15) is 73.6 Å². The number of rotatable bonds is 7. The van der Waals surface area contributed by atoms with Gasteiger partial charge in [-0.25, -0.2) is 4.79 Å². The van der Waals surface area contributed by atoms with Gasteiger partial charge in [0.1, 0.15) is 11.3 Å². The number of hydrogen-bond acceptors (Lipinski definition) is 6. The van der Waals surface area contributed by atoms with Gasteiger partial charge in [-0.3, -0.25) is 14.5 Å². The van der Waals surface area contributed by atoms with Gasteiger partial charge >= 0.3 is 5.97 Å². The van der Waals surface area contributed by atoms with Gasteiger partial charge in [0.15, 0.2) is 5.78 Å². The molecule has 2 aliphatic rings. The molecule has 0 radical (unpaired) electrons. The molecule has 1 saturated heterocycles. The largest absolute Gasteiger partial charge is 0.462 e. The van der Waals surface area contributed by atoms with Gasteiger partial charge in [-0.2, -0.15) is 0 Å². The smallest absolute Gasteiger partial charge is 0.343 e. The highest BCUT2D eigenvalue weighted by molar-refractivity contribution is 6.03. The maximum absolute atomic E-state index is 13.8. The fraction of sp³-hybridized carbons (Fsp3) is 0.519. The minimum absolute atomic E-state index is 0.0132. The third kappa shape index (κ3) is 5.09. The van der Waals surface area contributed by atoms with Crippen LogP contribution in [0, 0.1) is 11.8 Å². The molecule has 1 atom stereocenters. The highest BCUT2D eigenvalue weighted by Crippen LogP contribution is 2.38. The van der Waals surface area contributed by atoms with Gasteiger partial charge in [0.05, 0.1) is 19.3 Å². The number of ketones is 1. The van der Waals surface area contributed by atoms with Crippen LogP contribution in [0.4, 0.5) is 5.88 Å². The summed E-state index contributed by atoms with van der Waals surface area (Å²) < 4.78 is 17.2. The summed E-state index contributed by atoms with van der Waals surface area (Å²) in [6, 6.07) is 8.44. The SMILES string of the molecule is CCOC(=O)c1cc(-c2ccc(C(C)=O)cc2)oc1N(C(=O)[C@H]1CC[C@H](C)CC1)C1CCOC1. The predicted molar refractivity (Wildman–Crippen MR) is 128 cm³/mol. The van der Waals surface area contributed by atoms with Crippen LogP contribution in [0.5, 0.6) is 0 Å². The zero-order valence-electron chi connectivity index (χ0n) is 20.2. The quantitative estimate of drug-likeness (QED) is 0.407. The molecule has 182 valence electrons. The molecule has 1 saturated carbocycles. The van der Waals surface area contributed by atoms with Crippen molar-refractivity contribution in [2.45, 2.75) is 58.9 Å². The molecule has 7 heteroatoms. The maximum Gasteiger partial charge on any atom is 0.343 e. The summed E-state index contributed by atoms with van der Waals surface area (Å²) in [6.45, 7) is 6.66. The number of carbonyl (C=O) groups is 3. The fourth-order valence-electron chi connectivity index (χ4n) is 4.80. The Balaban J connectivity index is 1.74. The third-order valence-electron chi connectivity index (χ3n) is 6.88. The minimum Gasteiger partial charge on any atom is -0.462 e. The number of amides is 1. The van der Waals surface area contributed by atoms with Crippen molar-refractivity contribution in [1.29, 1.82) is 0 Å². The van der Waals surface area contributed by atoms with Crippen LogP contribution in [-0.4, -0.2) is 43.5 Å². The molecule has 1 aliphatic heterocycles. The highest BCUT2D eigenvalue weighted by Gasteiger charge is 2.39. The lowest BCUT2D eigenvalue weighted by Crippen LogP contribution is -2.45. The lowest BCUT2D eigenvalue weighted by atomic mass is 9.82. The summed E-state index contributed by atoms with van der Waals surface area (Å²) in [6.07, 6.45) is 4.38. The van der Waals surface area contributed by atoms with Crippen molar-refractivity contribution < 1.29 is 28.3 Å². The summed E-state index contributed by atoms with van der Waals surface area (Å²) in [5, 5.41) is 0. The normalized spacial score (nSPS) is 22.4. The fourth-order valence-corrected chi connectivity index (χ4v) is 4.80. The van der Waals surface area contributed by atoms with Crippen LogP contribution in [-0.2, 0) is 14.3 Å². The van der Waals surface area contributed by atoms with Gasteiger partial charge < -0.3 is 13.9 Å². The van der Waals surface area contributed by atoms with E-state index in [1.165, 1.54) is 6.92 Å². The van der Waals surface area contributed by atoms with Crippen molar-refractivity contribution in [3.05, 3.63) is 41.5 Å². The molecule has 1 aliphatic carbocycles. The van der Waals surface area contributed by atoms with Gasteiger partial charge in [0.25, 0.3) is 0 Å². The van der Waals surface area contributed by atoms with Gasteiger partial charge in [-0.1, -0.05) is 31.2 Å². The Bertz CT molecular complexity index is 1030. The van der Waals surface area contributed by atoms with E-state index in [9.17, 15) is 14.4 Å². The summed E-state index contributed by atoms with van der Waals surface area (Å²) in [4.78, 5) is 40.0. The number of esters is 1. The molecule has 2 fully saturated rings. The lowest BCUT2D eigenvalue weighted by Gasteiger charge is -2.33. The Kier molecular flexibility index (Phi) is 7.51. The molecule has 2 heterocycles. The topological polar surface area (TPSA) is 86.1 Å². The van der Waals surface area contributed by atoms with Crippen molar-refractivity contribution in [3.63, 3.8) is 0 Å². The Hall–Kier alpha value is -2.93. The number of Topliss-reactive ketones (excluding diaryl/α,β-unsaturated/α-hetero) is 1. The van der Waals surface area contributed by atoms with Crippen LogP contribution in [0.2, 0.25) is 0 Å². The first-order valence-electron chi connectivity index (χ1n) is 12.2. The third-order valence-corrected chi connectivity index (χ3v) is 6.88. The van der Waals surface area contributed by atoms with E-state index in [1.807, 2.05) is 0 Å². The molecule has 1 unspecified atom stereocenters. The van der Waals surface area contributed by atoms with E-state index in [-0.39, 0.29) is 41.7 Å². The molecule has 0 bridgehead atoms. The number of ether oxygens (including phenoxy) is 2. The molecule has 0 N–H and O–H groups in total. The van der Waals surface area contributed by atoms with Crippen LogP contribution >= 0.6 is 0 Å². The first kappa shape index (κ1) is 24.2. The number of benzene rings is 1. The lowest BCUT2D eigenvalue weighted by molar-refractivity contribution is -0.124. The first-order chi connectivity index (χ1) is 16.4. The van der Waals surface area contributed by atoms with Crippen molar-refractivity contribution in [2.75, 3.05) is 24.7 Å². The second-order valence-electron chi connectivity index (χ2n) is 9.37. The van der Waals surface area contributed by atoms with Crippen molar-refractivity contribution in [3.8, 4) is 11.3 Å². The monoisotopic (exact) mass is 467 g/mol. The first-order valence-corrected chi connectivity index (χ1v) is 12.2. The number of anilines is 1. The average molecular weight is 468 g/mol. The van der Waals surface area contributed by atoms with E-state index < -0.39 is 5.97 Å². The van der Waals surface area contributed by atoms with Crippen molar-refractivity contribution >= 4 is 23.5 Å². The summed E-state index contributed by atoms with van der Waals surface area (Å²) in [5.74, 6) is 0.623. The number of furan rings is 1. The molecule has 34 heavy (non-hydrogen) atoms. The number of nitrogens with zero attached hydrogens (tertiary/aromatic N) is 1. The Morgan fingerprint density at radius 2 is 1.76 bits per heavy atom. The van der Waals surface area contributed by atoms with Crippen LogP contribution in [0.25, 0.3) is 11.3 Å². The van der Waals surface area contributed by atoms with Gasteiger partial charge in [0.2, 0.25) is 11.8 Å². The molecule has 1 aromatic heterocycles. The second-order valence-corrected chi connectivity index (χ2v) is 9.37. The van der Waals surface area contributed by atoms with Crippen LogP contribution in [0.3, 0.4) is 0 Å². The Morgan fingerprint density at radius 3 is 2.35 bits per heavy atom. The summed E-state index contributed by atoms with van der Waals surface area (Å²) in [5.41, 5.74) is 1.54. The zero-order valence-corrected chi connectivity index (χ0v) is 20.2. The second kappa shape index (κ2) is 10.6. The molecular weight excluding hydrogens is 434 g/mol. The van der Waals surface area contributed by atoms with Crippen molar-refractivity contribution in [1.82, 2.24) is 0 Å². The summed E-state index contributed by atoms with van der Waals surface area (Å²) >= 11 is 0. The van der Waals surface area contributed by atoms with Gasteiger partial charge in [-0.15, -0.1) is 0 Å². The van der Waals surface area contributed by atoms with E-state index >= 15 is 0 Å². The molecule has 7 nitrogen and oxygen atoms in total. The van der Waals surface area contributed by atoms with E-state index in [0.717, 1.165) is 25.7 Å². The van der Waals surface area contributed by atoms with Gasteiger partial charge in [-0.05, 0) is 51.9 Å². The Morgan fingerprint density at radius 1 is 1.06 bits per heavy atom. The van der Waals surface area contributed by atoms with Crippen molar-refractivity contribution in [2.24, 2.45) is 11.8 Å². The highest BCUT2D eigenvalue weighted by atomic mass is 16.5. The molecule has 1 aromatic carbocycles. The molecule has 4 rings (SSSR count). The van der Waals surface area contributed by atoms with Gasteiger partial charge in [0, 0.05) is 29.7 Å². The predicted octanol–water partition coefficient (Wildman–Crippen LogP) is 5.27. The van der Waals surface area contributed by atoms with Crippen LogP contribution in [0.15, 0.2) is 34.7 Å². The average Bonchev–Trinajstić information content (AvgIpc) is 3.51. The number of carbonyl (C=O) groups excluding carboxylic acids is 3. The minimum atomic E-state index is -0.526.